The molecule has 0 bridgehead atoms. The van der Waals surface area contributed by atoms with Gasteiger partial charge in [-0.15, -0.1) is 0 Å². The maximum Gasteiger partial charge on any atom is 0.256 e. The average molecular weight is 230 g/mol. The van der Waals surface area contributed by atoms with Crippen LogP contribution in [0.15, 0.2) is 11.0 Å². The smallest absolute Gasteiger partial charge is 0.256 e. The molecule has 0 saturated heterocycles. The summed E-state index contributed by atoms with van der Waals surface area (Å²) in [6.45, 7) is 6.82. The molecule has 84 valence electrons. The monoisotopic (exact) mass is 229 g/mol. The Labute approximate surface area is 94.3 Å². The molecule has 0 aliphatic rings. The summed E-state index contributed by atoms with van der Waals surface area (Å²) in [5, 5.41) is 0.127. The topological polar surface area (TPSA) is 49.0 Å². The zero-order valence-corrected chi connectivity index (χ0v) is 10.2. The van der Waals surface area contributed by atoms with Crippen molar-refractivity contribution in [1.82, 2.24) is 14.9 Å². The number of H-pyrrole nitrogens is 1. The molecule has 1 aromatic heterocycles. The molecule has 0 atom stereocenters. The molecule has 0 unspecified atom stereocenters. The molecule has 5 heteroatoms. The second kappa shape index (κ2) is 4.33. The summed E-state index contributed by atoms with van der Waals surface area (Å²) in [6.07, 6.45) is 1.52. The van der Waals surface area contributed by atoms with Crippen LogP contribution in [0.5, 0.6) is 0 Å². The van der Waals surface area contributed by atoms with E-state index in [-0.39, 0.29) is 16.4 Å². The van der Waals surface area contributed by atoms with E-state index >= 15 is 0 Å². The van der Waals surface area contributed by atoms with Gasteiger partial charge in [-0.1, -0.05) is 0 Å². The largest absolute Gasteiger partial charge is 0.297 e. The first kappa shape index (κ1) is 12.2. The zero-order chi connectivity index (χ0) is 11.6. The number of nitrogens with zero attached hydrogens (tertiary/aromatic N) is 2. The Morgan fingerprint density at radius 3 is 2.60 bits per heavy atom. The van der Waals surface area contributed by atoms with Gasteiger partial charge in [-0.2, -0.15) is 0 Å². The Bertz CT molecular complexity index is 394. The van der Waals surface area contributed by atoms with Gasteiger partial charge in [0.15, 0.2) is 0 Å². The zero-order valence-electron chi connectivity index (χ0n) is 9.47. The maximum atomic E-state index is 11.5. The fraction of sp³-hybridized carbons (Fsp3) is 0.600. The molecule has 1 heterocycles. The van der Waals surface area contributed by atoms with Crippen LogP contribution in [0.3, 0.4) is 0 Å². The van der Waals surface area contributed by atoms with Gasteiger partial charge in [0.25, 0.3) is 5.56 Å². The molecular formula is C10H16ClN3O. The number of aromatic nitrogens is 2. The molecule has 0 radical (unpaired) electrons. The molecule has 0 aromatic carbocycles. The maximum absolute atomic E-state index is 11.5. The number of halogens is 1. The molecule has 0 amide bonds. The molecule has 0 saturated carbocycles. The first-order valence-electron chi connectivity index (χ1n) is 4.75. The van der Waals surface area contributed by atoms with Crippen LogP contribution in [0.25, 0.3) is 0 Å². The van der Waals surface area contributed by atoms with Crippen molar-refractivity contribution in [2.24, 2.45) is 0 Å². The van der Waals surface area contributed by atoms with Crippen molar-refractivity contribution in [3.63, 3.8) is 0 Å². The van der Waals surface area contributed by atoms with Crippen LogP contribution in [0.4, 0.5) is 0 Å². The van der Waals surface area contributed by atoms with Gasteiger partial charge in [0, 0.05) is 23.8 Å². The third-order valence-corrected chi connectivity index (χ3v) is 2.59. The van der Waals surface area contributed by atoms with E-state index in [1.807, 2.05) is 7.05 Å². The van der Waals surface area contributed by atoms with Crippen molar-refractivity contribution in [1.29, 1.82) is 0 Å². The number of rotatable bonds is 2. The molecule has 1 rings (SSSR count). The minimum Gasteiger partial charge on any atom is -0.297 e. The molecule has 15 heavy (non-hydrogen) atoms. The van der Waals surface area contributed by atoms with Gasteiger partial charge in [0.1, 0.15) is 0 Å². The number of hydrogen-bond acceptors (Lipinski definition) is 3. The molecular weight excluding hydrogens is 214 g/mol. The van der Waals surface area contributed by atoms with Gasteiger partial charge in [-0.25, -0.2) is 4.98 Å². The van der Waals surface area contributed by atoms with Crippen LogP contribution in [0.1, 0.15) is 26.3 Å². The quantitative estimate of drug-likeness (QED) is 0.785. The minimum atomic E-state index is -0.175. The molecule has 0 aliphatic carbocycles. The van der Waals surface area contributed by atoms with Gasteiger partial charge in [-0.05, 0) is 39.4 Å². The van der Waals surface area contributed by atoms with Crippen LogP contribution in [0.2, 0.25) is 5.28 Å². The summed E-state index contributed by atoms with van der Waals surface area (Å²) in [6, 6.07) is 0. The molecule has 0 aliphatic heterocycles. The van der Waals surface area contributed by atoms with Gasteiger partial charge in [-0.3, -0.25) is 14.7 Å². The van der Waals surface area contributed by atoms with Crippen LogP contribution in [0, 0.1) is 0 Å². The summed E-state index contributed by atoms with van der Waals surface area (Å²) < 4.78 is 0. The Kier molecular flexibility index (Phi) is 3.52. The highest BCUT2D eigenvalue weighted by Gasteiger charge is 2.18. The molecule has 0 fully saturated rings. The van der Waals surface area contributed by atoms with Crippen molar-refractivity contribution in [3.8, 4) is 0 Å². The first-order valence-corrected chi connectivity index (χ1v) is 5.13. The van der Waals surface area contributed by atoms with E-state index in [4.69, 9.17) is 11.6 Å². The van der Waals surface area contributed by atoms with Crippen LogP contribution in [-0.4, -0.2) is 27.5 Å². The average Bonchev–Trinajstić information content (AvgIpc) is 2.08. The third kappa shape index (κ3) is 3.32. The SMILES string of the molecule is CN(Cc1cnc(Cl)[nH]c1=O)C(C)(C)C. The third-order valence-electron chi connectivity index (χ3n) is 2.39. The number of aromatic amines is 1. The predicted octanol–water partition coefficient (Wildman–Crippen LogP) is 1.65. The summed E-state index contributed by atoms with van der Waals surface area (Å²) in [5.41, 5.74) is 0.467. The molecule has 1 aromatic rings. The summed E-state index contributed by atoms with van der Waals surface area (Å²) >= 11 is 5.56. The standard InChI is InChI=1S/C10H16ClN3O/c1-10(2,3)14(4)6-7-5-12-9(11)13-8(7)15/h5H,6H2,1-4H3,(H,12,13,15). The second-order valence-electron chi connectivity index (χ2n) is 4.56. The van der Waals surface area contributed by atoms with Gasteiger partial charge in [0.05, 0.1) is 0 Å². The highest BCUT2D eigenvalue weighted by molar-refractivity contribution is 6.28. The van der Waals surface area contributed by atoms with Gasteiger partial charge in [0.2, 0.25) is 5.28 Å². The lowest BCUT2D eigenvalue weighted by molar-refractivity contribution is 0.166. The van der Waals surface area contributed by atoms with E-state index in [9.17, 15) is 4.79 Å². The van der Waals surface area contributed by atoms with Crippen LogP contribution < -0.4 is 5.56 Å². The van der Waals surface area contributed by atoms with Crippen LogP contribution in [-0.2, 0) is 6.54 Å². The Balaban J connectivity index is 2.87. The molecule has 4 nitrogen and oxygen atoms in total. The number of hydrogen-bond donors (Lipinski definition) is 1. The van der Waals surface area contributed by atoms with Crippen molar-refractivity contribution in [2.45, 2.75) is 32.9 Å². The summed E-state index contributed by atoms with van der Waals surface area (Å²) in [5.74, 6) is 0. The predicted molar refractivity (Wildman–Crippen MR) is 61.1 cm³/mol. The van der Waals surface area contributed by atoms with E-state index in [0.29, 0.717) is 12.1 Å². The fourth-order valence-corrected chi connectivity index (χ4v) is 1.14. The van der Waals surface area contributed by atoms with E-state index in [1.165, 1.54) is 6.20 Å². The van der Waals surface area contributed by atoms with Crippen molar-refractivity contribution in [3.05, 3.63) is 27.4 Å². The lowest BCUT2D eigenvalue weighted by atomic mass is 10.1. The van der Waals surface area contributed by atoms with Crippen molar-refractivity contribution in [2.75, 3.05) is 7.05 Å². The Hall–Kier alpha value is -0.870. The van der Waals surface area contributed by atoms with E-state index in [2.05, 4.69) is 35.6 Å². The first-order chi connectivity index (χ1) is 6.80. The number of nitrogens with one attached hydrogen (secondary N) is 1. The summed E-state index contributed by atoms with van der Waals surface area (Å²) in [4.78, 5) is 19.9. The molecule has 1 N–H and O–H groups in total. The fourth-order valence-electron chi connectivity index (χ4n) is 1.00. The summed E-state index contributed by atoms with van der Waals surface area (Å²) in [7, 11) is 1.97. The van der Waals surface area contributed by atoms with Crippen LogP contribution >= 0.6 is 11.6 Å². The highest BCUT2D eigenvalue weighted by Crippen LogP contribution is 2.12. The normalized spacial score (nSPS) is 12.1. The second-order valence-corrected chi connectivity index (χ2v) is 4.91. The van der Waals surface area contributed by atoms with Gasteiger partial charge >= 0.3 is 0 Å². The van der Waals surface area contributed by atoms with Crippen molar-refractivity contribution >= 4 is 11.6 Å². The lowest BCUT2D eigenvalue weighted by Gasteiger charge is -2.31. The van der Waals surface area contributed by atoms with E-state index in [0.717, 1.165) is 0 Å². The molecule has 0 spiro atoms. The Morgan fingerprint density at radius 2 is 2.13 bits per heavy atom. The van der Waals surface area contributed by atoms with E-state index in [1.54, 1.807) is 0 Å². The lowest BCUT2D eigenvalue weighted by Crippen LogP contribution is -2.38. The van der Waals surface area contributed by atoms with Gasteiger partial charge < -0.3 is 0 Å². The highest BCUT2D eigenvalue weighted by atomic mass is 35.5. The van der Waals surface area contributed by atoms with Crippen molar-refractivity contribution < 1.29 is 0 Å². The van der Waals surface area contributed by atoms with E-state index < -0.39 is 0 Å². The minimum absolute atomic E-state index is 0.0199. The Morgan fingerprint density at radius 1 is 1.53 bits per heavy atom.